The van der Waals surface area contributed by atoms with E-state index in [2.05, 4.69) is 55.5 Å². The van der Waals surface area contributed by atoms with E-state index in [9.17, 15) is 4.79 Å². The molecule has 0 saturated carbocycles. The van der Waals surface area contributed by atoms with Gasteiger partial charge < -0.3 is 9.47 Å². The molecule has 5 rings (SSSR count). The minimum absolute atomic E-state index is 0.112. The summed E-state index contributed by atoms with van der Waals surface area (Å²) in [5, 5.41) is 0. The van der Waals surface area contributed by atoms with Crippen molar-refractivity contribution in [3.05, 3.63) is 59.7 Å². The molecule has 0 N–H and O–H groups in total. The van der Waals surface area contributed by atoms with Crippen LogP contribution in [0.1, 0.15) is 43.2 Å². The number of hydrogen-bond acceptors (Lipinski definition) is 3. The van der Waals surface area contributed by atoms with Crippen molar-refractivity contribution in [1.29, 1.82) is 0 Å². The Morgan fingerprint density at radius 3 is 2.14 bits per heavy atom. The normalized spacial score (nSPS) is 25.9. The van der Waals surface area contributed by atoms with Crippen LogP contribution in [0.25, 0.3) is 11.1 Å². The summed E-state index contributed by atoms with van der Waals surface area (Å²) in [5.41, 5.74) is 5.02. The smallest absolute Gasteiger partial charge is 0.410 e. The van der Waals surface area contributed by atoms with E-state index in [0.29, 0.717) is 25.7 Å². The third kappa shape index (κ3) is 2.91. The van der Waals surface area contributed by atoms with Crippen molar-refractivity contribution in [2.45, 2.75) is 44.2 Å². The number of amides is 1. The molecule has 28 heavy (non-hydrogen) atoms. The lowest BCUT2D eigenvalue weighted by Crippen LogP contribution is -2.59. The zero-order valence-corrected chi connectivity index (χ0v) is 16.3. The maximum atomic E-state index is 13.0. The van der Waals surface area contributed by atoms with E-state index in [1.807, 2.05) is 4.90 Å². The quantitative estimate of drug-likeness (QED) is 0.769. The molecule has 2 unspecified atom stereocenters. The van der Waals surface area contributed by atoms with Crippen LogP contribution in [0.15, 0.2) is 48.5 Å². The van der Waals surface area contributed by atoms with Gasteiger partial charge in [0.2, 0.25) is 0 Å². The highest BCUT2D eigenvalue weighted by atomic mass is 16.6. The number of benzene rings is 2. The first-order chi connectivity index (χ1) is 13.8. The van der Waals surface area contributed by atoms with Crippen LogP contribution in [0, 0.1) is 5.92 Å². The number of ether oxygens (including phenoxy) is 2. The van der Waals surface area contributed by atoms with Crippen molar-refractivity contribution in [1.82, 2.24) is 4.90 Å². The van der Waals surface area contributed by atoms with Crippen molar-refractivity contribution in [3.63, 3.8) is 0 Å². The predicted molar refractivity (Wildman–Crippen MR) is 108 cm³/mol. The summed E-state index contributed by atoms with van der Waals surface area (Å²) in [6.45, 7) is 3.90. The lowest BCUT2D eigenvalue weighted by molar-refractivity contribution is -0.0789. The van der Waals surface area contributed by atoms with Gasteiger partial charge in [-0.15, -0.1) is 0 Å². The topological polar surface area (TPSA) is 38.8 Å². The summed E-state index contributed by atoms with van der Waals surface area (Å²) in [6.07, 6.45) is 3.05. The van der Waals surface area contributed by atoms with E-state index in [0.717, 1.165) is 12.8 Å². The van der Waals surface area contributed by atoms with Crippen LogP contribution in [-0.2, 0) is 9.47 Å². The van der Waals surface area contributed by atoms with Gasteiger partial charge in [-0.25, -0.2) is 4.79 Å². The SMILES string of the molecule is CCC1CC2COCC(C1)N2C(=O)OCC1c2ccccc2-c2ccccc21. The Kier molecular flexibility index (Phi) is 4.59. The Labute approximate surface area is 166 Å². The minimum atomic E-state index is -0.172. The molecule has 2 bridgehead atoms. The molecule has 2 aliphatic heterocycles. The fourth-order valence-corrected chi connectivity index (χ4v) is 5.33. The Hall–Kier alpha value is -2.33. The van der Waals surface area contributed by atoms with Gasteiger partial charge >= 0.3 is 6.09 Å². The highest BCUT2D eigenvalue weighted by Gasteiger charge is 2.42. The number of carbonyl (C=O) groups is 1. The molecule has 1 aliphatic carbocycles. The Morgan fingerprint density at radius 1 is 1.00 bits per heavy atom. The Morgan fingerprint density at radius 2 is 1.57 bits per heavy atom. The molecule has 2 aromatic rings. The van der Waals surface area contributed by atoms with Crippen LogP contribution in [0.4, 0.5) is 4.79 Å². The largest absolute Gasteiger partial charge is 0.448 e. The number of rotatable bonds is 3. The van der Waals surface area contributed by atoms with Gasteiger partial charge in [0.1, 0.15) is 6.61 Å². The molecule has 1 amide bonds. The number of nitrogens with zero attached hydrogens (tertiary/aromatic N) is 1. The number of carbonyl (C=O) groups excluding carboxylic acids is 1. The minimum Gasteiger partial charge on any atom is -0.448 e. The average molecular weight is 377 g/mol. The second kappa shape index (κ2) is 7.25. The molecule has 146 valence electrons. The molecule has 0 spiro atoms. The first-order valence-corrected chi connectivity index (χ1v) is 10.5. The van der Waals surface area contributed by atoms with Crippen LogP contribution in [0.3, 0.4) is 0 Å². The molecule has 0 aromatic heterocycles. The monoisotopic (exact) mass is 377 g/mol. The third-order valence-corrected chi connectivity index (χ3v) is 6.74. The third-order valence-electron chi connectivity index (χ3n) is 6.74. The lowest BCUT2D eigenvalue weighted by atomic mass is 9.84. The fourth-order valence-electron chi connectivity index (χ4n) is 5.33. The molecule has 0 radical (unpaired) electrons. The van der Waals surface area contributed by atoms with E-state index in [1.54, 1.807) is 0 Å². The molecule has 2 saturated heterocycles. The number of piperidine rings is 1. The maximum absolute atomic E-state index is 13.0. The highest BCUT2D eigenvalue weighted by molar-refractivity contribution is 5.79. The van der Waals surface area contributed by atoms with Gasteiger partial charge in [0, 0.05) is 5.92 Å². The predicted octanol–water partition coefficient (Wildman–Crippen LogP) is 4.82. The summed E-state index contributed by atoms with van der Waals surface area (Å²) < 4.78 is 11.6. The molecule has 4 heteroatoms. The Bertz CT molecular complexity index is 820. The maximum Gasteiger partial charge on any atom is 0.410 e. The van der Waals surface area contributed by atoms with E-state index in [1.165, 1.54) is 28.7 Å². The standard InChI is InChI=1S/C24H27NO3/c1-2-16-11-17-13-27-14-18(12-16)25(17)24(26)28-15-23-21-9-5-3-7-19(21)20-8-4-6-10-22(20)23/h3-10,16-18,23H,2,11-15H2,1H3. The molecule has 2 fully saturated rings. The van der Waals surface area contributed by atoms with Crippen molar-refractivity contribution >= 4 is 6.09 Å². The summed E-state index contributed by atoms with van der Waals surface area (Å²) >= 11 is 0. The number of hydrogen-bond donors (Lipinski definition) is 0. The van der Waals surface area contributed by atoms with Crippen molar-refractivity contribution < 1.29 is 14.3 Å². The molecule has 3 aliphatic rings. The van der Waals surface area contributed by atoms with Gasteiger partial charge in [-0.1, -0.05) is 61.9 Å². The van der Waals surface area contributed by atoms with E-state index in [-0.39, 0.29) is 24.1 Å². The summed E-state index contributed by atoms with van der Waals surface area (Å²) in [7, 11) is 0. The van der Waals surface area contributed by atoms with Gasteiger partial charge in [-0.3, -0.25) is 4.90 Å². The second-order valence-corrected chi connectivity index (χ2v) is 8.30. The van der Waals surface area contributed by atoms with Gasteiger partial charge in [-0.05, 0) is 41.0 Å². The van der Waals surface area contributed by atoms with Crippen LogP contribution < -0.4 is 0 Å². The number of fused-ring (bicyclic) bond motifs is 5. The highest BCUT2D eigenvalue weighted by Crippen LogP contribution is 2.44. The molecular weight excluding hydrogens is 350 g/mol. The van der Waals surface area contributed by atoms with Crippen molar-refractivity contribution in [3.8, 4) is 11.1 Å². The van der Waals surface area contributed by atoms with E-state index in [4.69, 9.17) is 9.47 Å². The van der Waals surface area contributed by atoms with E-state index >= 15 is 0 Å². The molecule has 2 aromatic carbocycles. The zero-order valence-electron chi connectivity index (χ0n) is 16.3. The van der Waals surface area contributed by atoms with Crippen molar-refractivity contribution in [2.24, 2.45) is 5.92 Å². The summed E-state index contributed by atoms with van der Waals surface area (Å²) in [6, 6.07) is 17.2. The van der Waals surface area contributed by atoms with Gasteiger partial charge in [0.15, 0.2) is 0 Å². The first-order valence-electron chi connectivity index (χ1n) is 10.5. The van der Waals surface area contributed by atoms with Crippen LogP contribution in [0.2, 0.25) is 0 Å². The molecule has 2 heterocycles. The molecule has 2 atom stereocenters. The van der Waals surface area contributed by atoms with E-state index < -0.39 is 0 Å². The van der Waals surface area contributed by atoms with Gasteiger partial charge in [0.25, 0.3) is 0 Å². The zero-order chi connectivity index (χ0) is 19.1. The number of morpholine rings is 1. The van der Waals surface area contributed by atoms with Crippen molar-refractivity contribution in [2.75, 3.05) is 19.8 Å². The second-order valence-electron chi connectivity index (χ2n) is 8.30. The molecule has 4 nitrogen and oxygen atoms in total. The van der Waals surface area contributed by atoms with Gasteiger partial charge in [0.05, 0.1) is 25.3 Å². The lowest BCUT2D eigenvalue weighted by Gasteiger charge is -2.47. The first kappa shape index (κ1) is 17.7. The average Bonchev–Trinajstić information content (AvgIpc) is 3.05. The Balaban J connectivity index is 1.33. The van der Waals surface area contributed by atoms with Crippen LogP contribution in [0.5, 0.6) is 0 Å². The van der Waals surface area contributed by atoms with Crippen LogP contribution in [-0.4, -0.2) is 42.9 Å². The summed E-state index contributed by atoms with van der Waals surface area (Å²) in [4.78, 5) is 15.0. The van der Waals surface area contributed by atoms with Gasteiger partial charge in [-0.2, -0.15) is 0 Å². The fraction of sp³-hybridized carbons (Fsp3) is 0.458. The molecular formula is C24H27NO3. The summed E-state index contributed by atoms with van der Waals surface area (Å²) in [5.74, 6) is 0.803. The van der Waals surface area contributed by atoms with Crippen LogP contribution >= 0.6 is 0 Å².